The molecule has 0 saturated heterocycles. The zero-order valence-corrected chi connectivity index (χ0v) is 4.73. The second-order valence-corrected chi connectivity index (χ2v) is 1.90. The molecule has 0 aromatic carbocycles. The maximum absolute atomic E-state index is 4.64. The van der Waals surface area contributed by atoms with Gasteiger partial charge in [0, 0.05) is 0 Å². The first kappa shape index (κ1) is 4.52. The summed E-state index contributed by atoms with van der Waals surface area (Å²) in [5.41, 5.74) is 2.05. The van der Waals surface area contributed by atoms with Gasteiger partial charge in [-0.1, -0.05) is 0 Å². The summed E-state index contributed by atoms with van der Waals surface area (Å²) >= 11 is 0.215. The van der Waals surface area contributed by atoms with E-state index in [-0.39, 0.29) is 16.1 Å². The third-order valence-electron chi connectivity index (χ3n) is 0.183. The Balaban J connectivity index is 1.97. The Bertz CT molecular complexity index is 8.00. The van der Waals surface area contributed by atoms with Crippen molar-refractivity contribution in [2.45, 2.75) is 5.71 Å². The van der Waals surface area contributed by atoms with Crippen LogP contribution in [0.1, 0.15) is 0 Å². The minimum atomic E-state index is 0.215. The molecule has 0 saturated carbocycles. The zero-order valence-electron chi connectivity index (χ0n) is 2.86. The predicted molar refractivity (Wildman–Crippen MR) is 18.6 cm³/mol. The average Bonchev–Trinajstić information content (AvgIpc) is 1.37. The third kappa shape index (κ3) is 2.52. The summed E-state index contributed by atoms with van der Waals surface area (Å²) in [7, 11) is 1.72. The van der Waals surface area contributed by atoms with Crippen molar-refractivity contribution in [3.8, 4) is 0 Å². The number of hydrogen-bond acceptors (Lipinski definition) is 1. The van der Waals surface area contributed by atoms with Crippen LogP contribution in [0.2, 0.25) is 5.71 Å². The van der Waals surface area contributed by atoms with Gasteiger partial charge in [-0.05, 0) is 0 Å². The molecule has 2 heteroatoms. The van der Waals surface area contributed by atoms with Crippen LogP contribution in [-0.4, -0.2) is 23.2 Å². The average molecular weight is 121 g/mol. The van der Waals surface area contributed by atoms with E-state index in [0.29, 0.717) is 0 Å². The second-order valence-electron chi connectivity index (χ2n) is 0.365. The van der Waals surface area contributed by atoms with E-state index in [9.17, 15) is 0 Å². The van der Waals surface area contributed by atoms with Crippen molar-refractivity contribution < 1.29 is 3.73 Å². The Labute approximate surface area is 33.4 Å². The fraction of sp³-hybridized carbons (Fsp3) is 1.00. The van der Waals surface area contributed by atoms with Crippen molar-refractivity contribution >= 4 is 16.1 Å². The van der Waals surface area contributed by atoms with Crippen LogP contribution in [0.15, 0.2) is 0 Å². The van der Waals surface area contributed by atoms with E-state index in [1.807, 2.05) is 0 Å². The molecule has 25 valence electrons. The first-order chi connectivity index (χ1) is 1.91. The van der Waals surface area contributed by atoms with Crippen molar-refractivity contribution in [1.29, 1.82) is 0 Å². The van der Waals surface area contributed by atoms with Crippen LogP contribution in [0.5, 0.6) is 0 Å². The van der Waals surface area contributed by atoms with E-state index in [2.05, 4.69) is 9.44 Å². The molecule has 0 heterocycles. The van der Waals surface area contributed by atoms with Gasteiger partial charge in [0.15, 0.2) is 0 Å². The Morgan fingerprint density at radius 3 is 2.00 bits per heavy atom. The standard InChI is InChI=1S/C2H6AsO/c1-3-4-2/h1-2H3. The summed E-state index contributed by atoms with van der Waals surface area (Å²) in [6, 6.07) is 0. The topological polar surface area (TPSA) is 9.23 Å². The molecule has 0 aromatic heterocycles. The summed E-state index contributed by atoms with van der Waals surface area (Å²) in [5.74, 6) is 0. The molecule has 0 aliphatic carbocycles. The van der Waals surface area contributed by atoms with Crippen LogP contribution in [0.4, 0.5) is 0 Å². The summed E-state index contributed by atoms with van der Waals surface area (Å²) in [4.78, 5) is 0. The van der Waals surface area contributed by atoms with Crippen molar-refractivity contribution in [3.63, 3.8) is 0 Å². The van der Waals surface area contributed by atoms with E-state index >= 15 is 0 Å². The van der Waals surface area contributed by atoms with Gasteiger partial charge >= 0.3 is 32.6 Å². The van der Waals surface area contributed by atoms with Gasteiger partial charge in [-0.2, -0.15) is 0 Å². The molecule has 0 N–H and O–H groups in total. The van der Waals surface area contributed by atoms with Gasteiger partial charge in [0.05, 0.1) is 0 Å². The Kier molecular flexibility index (Phi) is 3.97. The van der Waals surface area contributed by atoms with Crippen molar-refractivity contribution in [1.82, 2.24) is 0 Å². The van der Waals surface area contributed by atoms with Crippen LogP contribution in [0, 0.1) is 0 Å². The molecule has 0 atom stereocenters. The molecule has 1 radical (unpaired) electrons. The first-order valence-electron chi connectivity index (χ1n) is 1.04. The fourth-order valence-corrected chi connectivity index (χ4v) is 0. The van der Waals surface area contributed by atoms with Crippen molar-refractivity contribution in [3.05, 3.63) is 0 Å². The Morgan fingerprint density at radius 2 is 2.00 bits per heavy atom. The molecule has 1 nitrogen and oxygen atoms in total. The van der Waals surface area contributed by atoms with E-state index in [1.54, 1.807) is 7.11 Å². The molecule has 0 aromatic rings. The van der Waals surface area contributed by atoms with Gasteiger partial charge < -0.3 is 0 Å². The molecule has 0 bridgehead atoms. The number of rotatable bonds is 1. The van der Waals surface area contributed by atoms with E-state index in [4.69, 9.17) is 0 Å². The Hall–Kier alpha value is 0.518. The van der Waals surface area contributed by atoms with Gasteiger partial charge in [-0.25, -0.2) is 0 Å². The third-order valence-corrected chi connectivity index (χ3v) is 0.949. The molecule has 0 aliphatic rings. The zero-order chi connectivity index (χ0) is 3.41. The van der Waals surface area contributed by atoms with E-state index in [0.717, 1.165) is 0 Å². The summed E-state index contributed by atoms with van der Waals surface area (Å²) in [5, 5.41) is 0. The SMILES string of the molecule is CO[As]C. The summed E-state index contributed by atoms with van der Waals surface area (Å²) in [6.07, 6.45) is 0. The van der Waals surface area contributed by atoms with Crippen LogP contribution >= 0.6 is 0 Å². The number of hydrogen-bond donors (Lipinski definition) is 0. The van der Waals surface area contributed by atoms with Crippen LogP contribution in [0.25, 0.3) is 0 Å². The van der Waals surface area contributed by atoms with E-state index < -0.39 is 0 Å². The molecule has 0 amide bonds. The van der Waals surface area contributed by atoms with Crippen molar-refractivity contribution in [2.75, 3.05) is 7.11 Å². The molecule has 4 heavy (non-hydrogen) atoms. The van der Waals surface area contributed by atoms with Gasteiger partial charge in [0.1, 0.15) is 0 Å². The fourth-order valence-electron chi connectivity index (χ4n) is 0. The van der Waals surface area contributed by atoms with E-state index in [1.165, 1.54) is 0 Å². The van der Waals surface area contributed by atoms with Gasteiger partial charge in [-0.15, -0.1) is 0 Å². The van der Waals surface area contributed by atoms with Gasteiger partial charge in [0.25, 0.3) is 0 Å². The first-order valence-corrected chi connectivity index (χ1v) is 3.68. The molecule has 0 fully saturated rings. The van der Waals surface area contributed by atoms with Gasteiger partial charge in [-0.3, -0.25) is 0 Å². The van der Waals surface area contributed by atoms with Gasteiger partial charge in [0.2, 0.25) is 0 Å². The summed E-state index contributed by atoms with van der Waals surface area (Å²) < 4.78 is 4.64. The quantitative estimate of drug-likeness (QED) is 0.453. The van der Waals surface area contributed by atoms with Crippen LogP contribution < -0.4 is 0 Å². The molecule has 0 spiro atoms. The molecular formula is C2H6AsO. The predicted octanol–water partition coefficient (Wildman–Crippen LogP) is 0.300. The molecule has 0 unspecified atom stereocenters. The molecular weight excluding hydrogens is 115 g/mol. The van der Waals surface area contributed by atoms with Crippen molar-refractivity contribution in [2.24, 2.45) is 0 Å². The molecule has 0 rings (SSSR count). The minimum absolute atomic E-state index is 0.215. The van der Waals surface area contributed by atoms with Crippen LogP contribution in [0.3, 0.4) is 0 Å². The monoisotopic (exact) mass is 121 g/mol. The summed E-state index contributed by atoms with van der Waals surface area (Å²) in [6.45, 7) is 0. The normalized spacial score (nSPS) is 10.5. The maximum atomic E-state index is 4.64. The van der Waals surface area contributed by atoms with Crippen LogP contribution in [-0.2, 0) is 3.73 Å². The second kappa shape index (κ2) is 3.52. The molecule has 0 aliphatic heterocycles. The Morgan fingerprint density at radius 1 is 1.75 bits per heavy atom.